The Morgan fingerprint density at radius 1 is 1.27 bits per heavy atom. The van der Waals surface area contributed by atoms with Gasteiger partial charge in [-0.25, -0.2) is 4.79 Å². The second-order valence-corrected chi connectivity index (χ2v) is 8.43. The highest BCUT2D eigenvalue weighted by molar-refractivity contribution is 7.09. The molecule has 1 aliphatic heterocycles. The van der Waals surface area contributed by atoms with Gasteiger partial charge in [-0.05, 0) is 62.2 Å². The number of amides is 2. The van der Waals surface area contributed by atoms with E-state index in [1.807, 2.05) is 17.4 Å². The van der Waals surface area contributed by atoms with Crippen molar-refractivity contribution in [2.75, 3.05) is 19.6 Å². The molecule has 1 aliphatic carbocycles. The van der Waals surface area contributed by atoms with Gasteiger partial charge in [-0.15, -0.1) is 11.3 Å². The lowest BCUT2D eigenvalue weighted by Crippen LogP contribution is -2.43. The first kappa shape index (κ1) is 17.6. The Morgan fingerprint density at radius 2 is 2.15 bits per heavy atom. The molecule has 1 atom stereocenters. The first-order valence-corrected chi connectivity index (χ1v) is 10.5. The van der Waals surface area contributed by atoms with Crippen molar-refractivity contribution in [3.63, 3.8) is 0 Å². The average Bonchev–Trinajstić information content (AvgIpc) is 3.33. The maximum atomic E-state index is 12.3. The molecule has 6 heteroatoms. The Kier molecular flexibility index (Phi) is 5.60. The van der Waals surface area contributed by atoms with Gasteiger partial charge in [0.05, 0.1) is 12.3 Å². The topological polar surface area (TPSA) is 57.5 Å². The van der Waals surface area contributed by atoms with Gasteiger partial charge in [-0.2, -0.15) is 0 Å². The van der Waals surface area contributed by atoms with E-state index in [1.54, 1.807) is 6.26 Å². The zero-order valence-electron chi connectivity index (χ0n) is 15.1. The largest absolute Gasteiger partial charge is 0.469 e. The molecule has 140 valence electrons. The van der Waals surface area contributed by atoms with Crippen molar-refractivity contribution < 1.29 is 9.21 Å². The number of urea groups is 1. The minimum atomic E-state index is -0.0509. The average molecular weight is 374 g/mol. The number of furan rings is 1. The van der Waals surface area contributed by atoms with E-state index in [2.05, 4.69) is 33.0 Å². The van der Waals surface area contributed by atoms with E-state index in [1.165, 1.54) is 4.88 Å². The van der Waals surface area contributed by atoms with Crippen molar-refractivity contribution in [2.24, 2.45) is 5.92 Å². The van der Waals surface area contributed by atoms with Crippen molar-refractivity contribution in [2.45, 2.75) is 44.7 Å². The SMILES string of the molecule is O=C(NCC1CCN(Cc2cccs2)CC1)NC1CCCc2occc21. The first-order chi connectivity index (χ1) is 12.8. The van der Waals surface area contributed by atoms with Gasteiger partial charge in [0, 0.05) is 30.0 Å². The summed E-state index contributed by atoms with van der Waals surface area (Å²) in [6.07, 6.45) is 7.07. The summed E-state index contributed by atoms with van der Waals surface area (Å²) in [4.78, 5) is 16.3. The molecule has 0 aromatic carbocycles. The molecule has 5 nitrogen and oxygen atoms in total. The molecule has 0 radical (unpaired) electrons. The van der Waals surface area contributed by atoms with Gasteiger partial charge in [0.2, 0.25) is 0 Å². The van der Waals surface area contributed by atoms with Crippen LogP contribution in [0.3, 0.4) is 0 Å². The van der Waals surface area contributed by atoms with E-state index in [-0.39, 0.29) is 12.1 Å². The summed E-state index contributed by atoms with van der Waals surface area (Å²) >= 11 is 1.83. The van der Waals surface area contributed by atoms with Crippen molar-refractivity contribution in [3.05, 3.63) is 46.0 Å². The summed E-state index contributed by atoms with van der Waals surface area (Å²) in [6.45, 7) is 4.07. The van der Waals surface area contributed by atoms with Gasteiger partial charge in [0.25, 0.3) is 0 Å². The highest BCUT2D eigenvalue weighted by Crippen LogP contribution is 2.30. The van der Waals surface area contributed by atoms with E-state index in [4.69, 9.17) is 4.42 Å². The molecule has 2 aromatic heterocycles. The number of piperidine rings is 1. The second-order valence-electron chi connectivity index (χ2n) is 7.40. The van der Waals surface area contributed by atoms with Gasteiger partial charge in [0.1, 0.15) is 5.76 Å². The molecule has 3 heterocycles. The lowest BCUT2D eigenvalue weighted by Gasteiger charge is -2.32. The van der Waals surface area contributed by atoms with Crippen LogP contribution in [0.5, 0.6) is 0 Å². The number of carbonyl (C=O) groups is 1. The molecule has 2 aliphatic rings. The summed E-state index contributed by atoms with van der Waals surface area (Å²) < 4.78 is 5.49. The van der Waals surface area contributed by atoms with Crippen LogP contribution in [0.1, 0.15) is 47.9 Å². The number of nitrogens with zero attached hydrogens (tertiary/aromatic N) is 1. The van der Waals surface area contributed by atoms with Gasteiger partial charge < -0.3 is 15.1 Å². The molecule has 0 saturated carbocycles. The summed E-state index contributed by atoms with van der Waals surface area (Å²) in [5.41, 5.74) is 1.15. The zero-order chi connectivity index (χ0) is 17.8. The molecule has 0 bridgehead atoms. The number of aryl methyl sites for hydroxylation is 1. The third kappa shape index (κ3) is 4.30. The monoisotopic (exact) mass is 373 g/mol. The normalized spacial score (nSPS) is 21.3. The zero-order valence-corrected chi connectivity index (χ0v) is 15.9. The summed E-state index contributed by atoms with van der Waals surface area (Å²) in [6, 6.07) is 6.35. The van der Waals surface area contributed by atoms with E-state index in [9.17, 15) is 4.79 Å². The Labute approximate surface area is 158 Å². The third-order valence-electron chi connectivity index (χ3n) is 5.58. The number of hydrogen-bond donors (Lipinski definition) is 2. The minimum Gasteiger partial charge on any atom is -0.469 e. The molecule has 26 heavy (non-hydrogen) atoms. The highest BCUT2D eigenvalue weighted by atomic mass is 32.1. The van der Waals surface area contributed by atoms with Crippen LogP contribution in [0.25, 0.3) is 0 Å². The van der Waals surface area contributed by atoms with E-state index in [0.29, 0.717) is 5.92 Å². The molecular weight excluding hydrogens is 346 g/mol. The van der Waals surface area contributed by atoms with Gasteiger partial charge >= 0.3 is 6.03 Å². The molecular formula is C20H27N3O2S. The predicted molar refractivity (Wildman–Crippen MR) is 103 cm³/mol. The molecule has 1 fully saturated rings. The molecule has 1 saturated heterocycles. The number of likely N-dealkylation sites (tertiary alicyclic amines) is 1. The third-order valence-corrected chi connectivity index (χ3v) is 6.44. The Morgan fingerprint density at radius 3 is 2.96 bits per heavy atom. The fraction of sp³-hybridized carbons (Fsp3) is 0.550. The van der Waals surface area contributed by atoms with Gasteiger partial charge in [-0.1, -0.05) is 6.07 Å². The molecule has 4 rings (SSSR count). The van der Waals surface area contributed by atoms with Crippen LogP contribution in [0.2, 0.25) is 0 Å². The van der Waals surface area contributed by atoms with Crippen molar-refractivity contribution in [1.82, 2.24) is 15.5 Å². The van der Waals surface area contributed by atoms with Crippen LogP contribution in [-0.4, -0.2) is 30.6 Å². The molecule has 2 aromatic rings. The molecule has 2 amide bonds. The minimum absolute atomic E-state index is 0.0509. The van der Waals surface area contributed by atoms with Crippen LogP contribution in [0.15, 0.2) is 34.3 Å². The number of thiophene rings is 1. The number of carbonyl (C=O) groups excluding carboxylic acids is 1. The maximum Gasteiger partial charge on any atom is 0.315 e. The van der Waals surface area contributed by atoms with Crippen LogP contribution in [-0.2, 0) is 13.0 Å². The lowest BCUT2D eigenvalue weighted by molar-refractivity contribution is 0.175. The molecule has 1 unspecified atom stereocenters. The van der Waals surface area contributed by atoms with Crippen LogP contribution >= 0.6 is 11.3 Å². The van der Waals surface area contributed by atoms with Crippen molar-refractivity contribution >= 4 is 17.4 Å². The van der Waals surface area contributed by atoms with Gasteiger partial charge in [0.15, 0.2) is 0 Å². The fourth-order valence-corrected chi connectivity index (χ4v) is 4.80. The van der Waals surface area contributed by atoms with E-state index in [0.717, 1.165) is 69.6 Å². The Balaban J connectivity index is 1.18. The summed E-state index contributed by atoms with van der Waals surface area (Å²) in [5, 5.41) is 8.35. The maximum absolute atomic E-state index is 12.3. The number of rotatable bonds is 5. The summed E-state index contributed by atoms with van der Waals surface area (Å²) in [7, 11) is 0. The van der Waals surface area contributed by atoms with Crippen LogP contribution in [0, 0.1) is 5.92 Å². The molecule has 0 spiro atoms. The first-order valence-electron chi connectivity index (χ1n) is 9.63. The smallest absolute Gasteiger partial charge is 0.315 e. The van der Waals surface area contributed by atoms with Crippen molar-refractivity contribution in [3.8, 4) is 0 Å². The highest BCUT2D eigenvalue weighted by Gasteiger charge is 2.25. The predicted octanol–water partition coefficient (Wildman–Crippen LogP) is 3.93. The summed E-state index contributed by atoms with van der Waals surface area (Å²) in [5.74, 6) is 1.61. The van der Waals surface area contributed by atoms with Crippen LogP contribution < -0.4 is 10.6 Å². The number of fused-ring (bicyclic) bond motifs is 1. The standard InChI is InChI=1S/C20H27N3O2S/c24-20(22-18-4-1-5-19-17(18)8-11-25-19)21-13-15-6-9-23(10-7-15)14-16-3-2-12-26-16/h2-3,8,11-12,15,18H,1,4-7,9-10,13-14H2,(H2,21,22,24). The van der Waals surface area contributed by atoms with Gasteiger partial charge in [-0.3, -0.25) is 4.90 Å². The Hall–Kier alpha value is -1.79. The fourth-order valence-electron chi connectivity index (χ4n) is 4.05. The van der Waals surface area contributed by atoms with E-state index >= 15 is 0 Å². The van der Waals surface area contributed by atoms with E-state index < -0.39 is 0 Å². The quantitative estimate of drug-likeness (QED) is 0.835. The number of nitrogens with one attached hydrogen (secondary N) is 2. The Bertz CT molecular complexity index is 704. The van der Waals surface area contributed by atoms with Crippen molar-refractivity contribution in [1.29, 1.82) is 0 Å². The van der Waals surface area contributed by atoms with Crippen LogP contribution in [0.4, 0.5) is 4.79 Å². The second kappa shape index (κ2) is 8.27. The lowest BCUT2D eigenvalue weighted by atomic mass is 9.93. The molecule has 2 N–H and O–H groups in total. The number of hydrogen-bond acceptors (Lipinski definition) is 4.